The number of halogens is 16. The quantitative estimate of drug-likeness (QED) is 0.400. The van der Waals surface area contributed by atoms with Crippen LogP contribution in [0.5, 0.6) is 0 Å². The zero-order chi connectivity index (χ0) is 25.2. The van der Waals surface area contributed by atoms with E-state index in [2.05, 4.69) is 0 Å². The minimum atomic E-state index is -8.49. The predicted octanol–water partition coefficient (Wildman–Crippen LogP) is 3.07. The molecule has 1 radical (unpaired) electrons. The molecular weight excluding hydrogens is 537 g/mol. The molecule has 0 aromatic rings. The Bertz CT molecular complexity index is 873. The summed E-state index contributed by atoms with van der Waals surface area (Å²) in [5.41, 5.74) is 0. The Balaban J connectivity index is 0. The van der Waals surface area contributed by atoms with Crippen LogP contribution < -0.4 is 4.13 Å². The summed E-state index contributed by atoms with van der Waals surface area (Å²) in [6.07, 6.45) is -15.2. The molecule has 0 spiro atoms. The Kier molecular flexibility index (Phi) is 8.37. The van der Waals surface area contributed by atoms with E-state index in [0.717, 1.165) is 0 Å². The fraction of sp³-hybridized carbons (Fsp3) is 1.00. The van der Waals surface area contributed by atoms with Gasteiger partial charge in [-0.2, -0.15) is 70.2 Å². The molecule has 0 aliphatic heterocycles. The zero-order valence-electron chi connectivity index (χ0n) is 13.5. The molecule has 5 nitrogen and oxygen atoms in total. The van der Waals surface area contributed by atoms with Gasteiger partial charge in [-0.1, -0.05) is 4.13 Å². The summed E-state index contributed by atoms with van der Waals surface area (Å²) in [4.78, 5) is 0. The molecule has 0 aromatic carbocycles. The zero-order valence-corrected chi connectivity index (χ0v) is 15.1. The van der Waals surface area contributed by atoms with Gasteiger partial charge in [0.25, 0.3) is 20.0 Å². The normalized spacial score (nSPS) is 16.1. The van der Waals surface area contributed by atoms with E-state index in [0.29, 0.717) is 0 Å². The van der Waals surface area contributed by atoms with Gasteiger partial charge < -0.3 is 0 Å². The first-order valence-electron chi connectivity index (χ1n) is 5.76. The molecule has 0 atom stereocenters. The Morgan fingerprint density at radius 2 is 0.645 bits per heavy atom. The number of hydrogen-bond acceptors (Lipinski definition) is 4. The van der Waals surface area contributed by atoms with E-state index in [4.69, 9.17) is 0 Å². The maximum Gasteiger partial charge on any atom is 0.461 e. The predicted molar refractivity (Wildman–Crippen MR) is 63.6 cm³/mol. The summed E-state index contributed by atoms with van der Waals surface area (Å²) in [6, 6.07) is 0. The molecular formula is C7HF16LiNO4S2. The van der Waals surface area contributed by atoms with Crippen molar-refractivity contribution in [1.82, 2.24) is 4.13 Å². The molecule has 0 aliphatic rings. The molecule has 0 fully saturated rings. The second-order valence-electron chi connectivity index (χ2n) is 4.84. The van der Waals surface area contributed by atoms with E-state index in [1.807, 2.05) is 0 Å². The molecule has 0 heterocycles. The molecule has 0 rings (SSSR count). The summed E-state index contributed by atoms with van der Waals surface area (Å²) in [5.74, 6) is -24.0. The van der Waals surface area contributed by atoms with E-state index in [1.54, 1.807) is 0 Å². The Hall–Kier alpha value is -0.663. The van der Waals surface area contributed by atoms with Crippen LogP contribution in [-0.4, -0.2) is 76.3 Å². The monoisotopic (exact) mass is 538 g/mol. The second-order valence-corrected chi connectivity index (χ2v) is 8.55. The van der Waals surface area contributed by atoms with E-state index in [1.165, 1.54) is 0 Å². The van der Waals surface area contributed by atoms with Gasteiger partial charge in [0, 0.05) is 18.9 Å². The van der Waals surface area contributed by atoms with Crippen molar-refractivity contribution in [1.29, 1.82) is 0 Å². The molecule has 0 unspecified atom stereocenters. The van der Waals surface area contributed by atoms with Crippen LogP contribution >= 0.6 is 0 Å². The molecule has 0 aromatic heterocycles. The number of rotatable bonds is 7. The van der Waals surface area contributed by atoms with Crippen LogP contribution in [0.1, 0.15) is 0 Å². The van der Waals surface area contributed by atoms with Crippen molar-refractivity contribution in [2.75, 3.05) is 0 Å². The number of nitrogens with one attached hydrogen (secondary N) is 1. The Morgan fingerprint density at radius 3 is 0.871 bits per heavy atom. The van der Waals surface area contributed by atoms with Crippen molar-refractivity contribution in [3.63, 3.8) is 0 Å². The first kappa shape index (κ1) is 32.5. The molecule has 1 N–H and O–H groups in total. The molecule has 24 heteroatoms. The first-order valence-corrected chi connectivity index (χ1v) is 8.72. The summed E-state index contributed by atoms with van der Waals surface area (Å²) in [7, 11) is -16.9. The van der Waals surface area contributed by atoms with Gasteiger partial charge in [-0.15, -0.1) is 0 Å². The summed E-state index contributed by atoms with van der Waals surface area (Å²) >= 11 is 0. The third kappa shape index (κ3) is 4.69. The number of hydrogen-bond donors (Lipinski definition) is 1. The van der Waals surface area contributed by atoms with Gasteiger partial charge in [-0.3, -0.25) is 0 Å². The van der Waals surface area contributed by atoms with E-state index in [-0.39, 0.29) is 18.9 Å². The number of alkyl halides is 16. The van der Waals surface area contributed by atoms with Crippen LogP contribution in [0.25, 0.3) is 0 Å². The average molecular weight is 538 g/mol. The SMILES string of the molecule is O=S(=O)(NS(=O)(=O)C(F)(F)C(F)(F)C(F)(F)C(F)(F)F)C(F)(F)C(F)(F)C(F)(F)F.[Li]. The van der Waals surface area contributed by atoms with Gasteiger partial charge in [0.15, 0.2) is 0 Å². The van der Waals surface area contributed by atoms with Crippen molar-refractivity contribution < 1.29 is 87.1 Å². The Morgan fingerprint density at radius 1 is 0.419 bits per heavy atom. The van der Waals surface area contributed by atoms with Crippen LogP contribution in [0.4, 0.5) is 70.2 Å². The van der Waals surface area contributed by atoms with E-state index >= 15 is 0 Å². The van der Waals surface area contributed by atoms with Crippen molar-refractivity contribution in [2.45, 2.75) is 40.6 Å². The largest absolute Gasteiger partial charge is 0.461 e. The summed E-state index contributed by atoms with van der Waals surface area (Å²) < 4.78 is 241. The smallest absolute Gasteiger partial charge is 0.205 e. The van der Waals surface area contributed by atoms with Gasteiger partial charge in [0.05, 0.1) is 0 Å². The third-order valence-corrected chi connectivity index (χ3v) is 6.35. The second kappa shape index (κ2) is 7.98. The van der Waals surface area contributed by atoms with Crippen LogP contribution in [0.2, 0.25) is 0 Å². The van der Waals surface area contributed by atoms with Crippen LogP contribution in [0.15, 0.2) is 0 Å². The Labute approximate surface area is 171 Å². The van der Waals surface area contributed by atoms with Crippen molar-refractivity contribution in [3.05, 3.63) is 0 Å². The molecule has 0 amide bonds. The van der Waals surface area contributed by atoms with E-state index in [9.17, 15) is 87.1 Å². The fourth-order valence-corrected chi connectivity index (χ4v) is 4.02. The fourth-order valence-electron chi connectivity index (χ4n) is 1.11. The number of sulfonamides is 2. The molecule has 0 aliphatic carbocycles. The molecule has 0 saturated carbocycles. The van der Waals surface area contributed by atoms with Gasteiger partial charge in [0.2, 0.25) is 0 Å². The van der Waals surface area contributed by atoms with Gasteiger partial charge in [-0.05, 0) is 0 Å². The van der Waals surface area contributed by atoms with Crippen LogP contribution in [-0.2, 0) is 20.0 Å². The van der Waals surface area contributed by atoms with Crippen LogP contribution in [0, 0.1) is 0 Å². The van der Waals surface area contributed by atoms with Crippen molar-refractivity contribution in [2.24, 2.45) is 0 Å². The summed E-state index contributed by atoms with van der Waals surface area (Å²) in [5, 5.41) is -15.8. The first-order chi connectivity index (χ1) is 12.5. The molecule has 0 bridgehead atoms. The van der Waals surface area contributed by atoms with Crippen molar-refractivity contribution >= 4 is 38.9 Å². The average Bonchev–Trinajstić information content (AvgIpc) is 2.42. The van der Waals surface area contributed by atoms with Crippen molar-refractivity contribution in [3.8, 4) is 0 Å². The minimum Gasteiger partial charge on any atom is -0.205 e. The topological polar surface area (TPSA) is 80.3 Å². The van der Waals surface area contributed by atoms with Gasteiger partial charge in [-0.25, -0.2) is 16.8 Å². The van der Waals surface area contributed by atoms with Gasteiger partial charge >= 0.3 is 40.6 Å². The molecule has 31 heavy (non-hydrogen) atoms. The maximum atomic E-state index is 13.2. The maximum absolute atomic E-state index is 13.2. The minimum absolute atomic E-state index is 0. The molecule has 0 saturated heterocycles. The molecule has 183 valence electrons. The summed E-state index contributed by atoms with van der Waals surface area (Å²) in [6.45, 7) is 0. The van der Waals surface area contributed by atoms with Crippen LogP contribution in [0.3, 0.4) is 0 Å². The van der Waals surface area contributed by atoms with Gasteiger partial charge in [0.1, 0.15) is 0 Å². The van der Waals surface area contributed by atoms with E-state index < -0.39 is 64.8 Å². The standard InChI is InChI=1S/C7HF16NO4S2.Li/c8-1(9,4(14,15)16)2(10,11)6(20,21)29(25,26)24-30(27,28)7(22,23)3(12,13)5(17,18)19;/h24H;. The third-order valence-electron chi connectivity index (χ3n) is 2.73.